The minimum Gasteiger partial charge on any atom is -0.485 e. The van der Waals surface area contributed by atoms with Crippen LogP contribution in [0.5, 0.6) is 5.75 Å². The van der Waals surface area contributed by atoms with E-state index in [0.717, 1.165) is 17.2 Å². The number of aliphatic imine (C=N–C) groups is 1. The van der Waals surface area contributed by atoms with E-state index < -0.39 is 35.5 Å². The quantitative estimate of drug-likeness (QED) is 0.429. The Labute approximate surface area is 228 Å². The molecule has 1 saturated heterocycles. The van der Waals surface area contributed by atoms with Crippen LogP contribution in [0.1, 0.15) is 18.3 Å². The van der Waals surface area contributed by atoms with Gasteiger partial charge in [-0.2, -0.15) is 18.2 Å². The summed E-state index contributed by atoms with van der Waals surface area (Å²) in [7, 11) is 1.62. The normalized spacial score (nSPS) is 23.3. The predicted molar refractivity (Wildman–Crippen MR) is 139 cm³/mol. The monoisotopic (exact) mass is 555 g/mol. The fourth-order valence-electron chi connectivity index (χ4n) is 5.18. The highest BCUT2D eigenvalue weighted by atomic mass is 19.4. The molecule has 3 aromatic rings. The van der Waals surface area contributed by atoms with Crippen molar-refractivity contribution in [3.63, 3.8) is 0 Å². The number of benzene rings is 2. The highest BCUT2D eigenvalue weighted by molar-refractivity contribution is 5.99. The molecule has 0 spiro atoms. The molecule has 0 radical (unpaired) electrons. The lowest BCUT2D eigenvalue weighted by molar-refractivity contribution is -0.144. The van der Waals surface area contributed by atoms with E-state index >= 15 is 0 Å². The number of alkyl halides is 3. The van der Waals surface area contributed by atoms with E-state index in [-0.39, 0.29) is 19.7 Å². The Balaban J connectivity index is 1.24. The third kappa shape index (κ3) is 5.86. The fourth-order valence-corrected chi connectivity index (χ4v) is 5.18. The molecule has 2 aliphatic heterocycles. The van der Waals surface area contributed by atoms with E-state index in [1.807, 2.05) is 49.4 Å². The van der Waals surface area contributed by atoms with Crippen LogP contribution in [0, 0.1) is 11.3 Å². The van der Waals surface area contributed by atoms with Gasteiger partial charge in [-0.05, 0) is 47.7 Å². The molecule has 210 valence electrons. The molecule has 0 saturated carbocycles. The maximum absolute atomic E-state index is 13.3. The zero-order valence-corrected chi connectivity index (χ0v) is 21.9. The van der Waals surface area contributed by atoms with Crippen molar-refractivity contribution in [1.82, 2.24) is 19.9 Å². The minimum atomic E-state index is -4.58. The summed E-state index contributed by atoms with van der Waals surface area (Å²) >= 11 is 0. The van der Waals surface area contributed by atoms with Crippen molar-refractivity contribution in [3.05, 3.63) is 78.3 Å². The number of halogens is 3. The van der Waals surface area contributed by atoms with E-state index in [1.165, 1.54) is 6.20 Å². The molecular formula is C28H28F3N5O4. The Kier molecular flexibility index (Phi) is 7.37. The molecule has 3 heterocycles. The van der Waals surface area contributed by atoms with E-state index in [9.17, 15) is 23.1 Å². The van der Waals surface area contributed by atoms with Gasteiger partial charge in [0.25, 0.3) is 5.89 Å². The first kappa shape index (κ1) is 27.4. The van der Waals surface area contributed by atoms with Crippen molar-refractivity contribution in [2.75, 3.05) is 20.1 Å². The molecule has 1 N–H and O–H groups in total. The van der Waals surface area contributed by atoms with Crippen molar-refractivity contribution < 1.29 is 32.3 Å². The SMILES string of the molecule is CN1C=CC(C(F)(F)F)=NC1N1C[C@H](C(=O)O)C(C)(Cc2ccc(OCc3noc(-c4ccccc4)n3)cc2)C1. The molecule has 0 aliphatic carbocycles. The molecule has 2 aliphatic rings. The Bertz CT molecular complexity index is 1410. The Hall–Kier alpha value is -4.19. The number of carbonyl (C=O) groups is 1. The van der Waals surface area contributed by atoms with E-state index in [0.29, 0.717) is 23.9 Å². The van der Waals surface area contributed by atoms with Gasteiger partial charge >= 0.3 is 12.1 Å². The molecule has 2 aromatic carbocycles. The van der Waals surface area contributed by atoms with Crippen LogP contribution in [0.4, 0.5) is 13.2 Å². The van der Waals surface area contributed by atoms with Gasteiger partial charge in [-0.25, -0.2) is 4.99 Å². The summed E-state index contributed by atoms with van der Waals surface area (Å²) in [4.78, 5) is 23.7. The molecule has 12 heteroatoms. The van der Waals surface area contributed by atoms with Gasteiger partial charge in [0.2, 0.25) is 5.82 Å². The second kappa shape index (κ2) is 10.8. The summed E-state index contributed by atoms with van der Waals surface area (Å²) in [6, 6.07) is 16.6. The number of carboxylic acid groups (broad SMARTS) is 1. The number of rotatable bonds is 8. The van der Waals surface area contributed by atoms with Crippen LogP contribution in [0.2, 0.25) is 0 Å². The standard InChI is InChI=1S/C28H28F3N5O4/c1-27(17-36(15-21(27)25(37)38)26-32-22(28(29,30)31)12-13-35(26)2)14-18-8-10-20(11-9-18)39-16-23-33-24(40-34-23)19-6-4-3-5-7-19/h3-13,21,26H,14-17H2,1-2H3,(H,37,38)/t21-,26?,27?/m1/s1. The molecular weight excluding hydrogens is 527 g/mol. The Morgan fingerprint density at radius 3 is 2.58 bits per heavy atom. The summed E-state index contributed by atoms with van der Waals surface area (Å²) in [5.41, 5.74) is -0.0276. The smallest absolute Gasteiger partial charge is 0.433 e. The van der Waals surface area contributed by atoms with Gasteiger partial charge in [0.05, 0.1) is 5.92 Å². The fraction of sp³-hybridized carbons (Fsp3) is 0.357. The minimum absolute atomic E-state index is 0.0835. The number of ether oxygens (including phenoxy) is 1. The second-order valence-corrected chi connectivity index (χ2v) is 10.3. The summed E-state index contributed by atoms with van der Waals surface area (Å²) in [5.74, 6) is -0.410. The van der Waals surface area contributed by atoms with Gasteiger partial charge in [0.15, 0.2) is 12.9 Å². The number of carboxylic acids is 1. The number of aromatic nitrogens is 2. The summed E-state index contributed by atoms with van der Waals surface area (Å²) in [6.07, 6.45) is -2.86. The van der Waals surface area contributed by atoms with Crippen LogP contribution in [-0.4, -0.2) is 69.3 Å². The maximum atomic E-state index is 13.3. The molecule has 9 nitrogen and oxygen atoms in total. The van der Waals surface area contributed by atoms with Crippen LogP contribution >= 0.6 is 0 Å². The number of allylic oxidation sites excluding steroid dienone is 1. The lowest BCUT2D eigenvalue weighted by Crippen LogP contribution is -2.46. The van der Waals surface area contributed by atoms with Gasteiger partial charge in [-0.1, -0.05) is 42.4 Å². The Morgan fingerprint density at radius 1 is 1.18 bits per heavy atom. The molecule has 0 bridgehead atoms. The van der Waals surface area contributed by atoms with Crippen molar-refractivity contribution >= 4 is 11.7 Å². The number of nitrogens with zero attached hydrogens (tertiary/aromatic N) is 5. The zero-order valence-electron chi connectivity index (χ0n) is 21.9. The average Bonchev–Trinajstić information content (AvgIpc) is 3.53. The predicted octanol–water partition coefficient (Wildman–Crippen LogP) is 4.63. The molecule has 1 aromatic heterocycles. The van der Waals surface area contributed by atoms with Crippen molar-refractivity contribution in [3.8, 4) is 17.2 Å². The van der Waals surface area contributed by atoms with E-state index in [4.69, 9.17) is 9.26 Å². The zero-order chi connectivity index (χ0) is 28.5. The van der Waals surface area contributed by atoms with Gasteiger partial charge in [0.1, 0.15) is 11.5 Å². The molecule has 5 rings (SSSR count). The molecule has 1 fully saturated rings. The summed E-state index contributed by atoms with van der Waals surface area (Å²) in [6.45, 7) is 2.30. The van der Waals surface area contributed by atoms with Crippen LogP contribution in [0.15, 0.2) is 76.4 Å². The van der Waals surface area contributed by atoms with Crippen molar-refractivity contribution in [2.24, 2.45) is 16.3 Å². The van der Waals surface area contributed by atoms with Crippen LogP contribution < -0.4 is 4.74 Å². The maximum Gasteiger partial charge on any atom is 0.433 e. The largest absolute Gasteiger partial charge is 0.485 e. The van der Waals surface area contributed by atoms with E-state index in [2.05, 4.69) is 15.1 Å². The molecule has 0 amide bonds. The highest BCUT2D eigenvalue weighted by Gasteiger charge is 2.50. The van der Waals surface area contributed by atoms with Crippen molar-refractivity contribution in [2.45, 2.75) is 32.4 Å². The van der Waals surface area contributed by atoms with Gasteiger partial charge in [-0.15, -0.1) is 0 Å². The number of hydrogen-bond acceptors (Lipinski definition) is 8. The van der Waals surface area contributed by atoms with Gasteiger partial charge < -0.3 is 19.3 Å². The third-order valence-electron chi connectivity index (χ3n) is 7.21. The van der Waals surface area contributed by atoms with Gasteiger partial charge in [-0.3, -0.25) is 9.69 Å². The summed E-state index contributed by atoms with van der Waals surface area (Å²) in [5, 5.41) is 13.9. The van der Waals surface area contributed by atoms with Crippen LogP contribution in [0.3, 0.4) is 0 Å². The first-order chi connectivity index (χ1) is 19.0. The topological polar surface area (TPSA) is 104 Å². The first-order valence-corrected chi connectivity index (χ1v) is 12.6. The second-order valence-electron chi connectivity index (χ2n) is 10.3. The van der Waals surface area contributed by atoms with Crippen molar-refractivity contribution in [1.29, 1.82) is 0 Å². The third-order valence-corrected chi connectivity index (χ3v) is 7.21. The number of likely N-dealkylation sites (tertiary alicyclic amines) is 1. The Morgan fingerprint density at radius 2 is 1.90 bits per heavy atom. The lowest BCUT2D eigenvalue weighted by Gasteiger charge is -2.35. The number of hydrogen-bond donors (Lipinski definition) is 1. The molecule has 40 heavy (non-hydrogen) atoms. The first-order valence-electron chi connectivity index (χ1n) is 12.6. The molecule has 3 atom stereocenters. The van der Waals surface area contributed by atoms with Crippen LogP contribution in [-0.2, 0) is 17.8 Å². The highest BCUT2D eigenvalue weighted by Crippen LogP contribution is 2.41. The lowest BCUT2D eigenvalue weighted by atomic mass is 9.75. The van der Waals surface area contributed by atoms with Crippen LogP contribution in [0.25, 0.3) is 11.5 Å². The van der Waals surface area contributed by atoms with E-state index in [1.54, 1.807) is 29.0 Å². The average molecular weight is 556 g/mol. The summed E-state index contributed by atoms with van der Waals surface area (Å²) < 4.78 is 51.0. The number of aliphatic carboxylic acids is 1. The van der Waals surface area contributed by atoms with Gasteiger partial charge in [0, 0.05) is 31.9 Å². The molecule has 2 unspecified atom stereocenters.